The van der Waals surface area contributed by atoms with Crippen LogP contribution in [0.3, 0.4) is 0 Å². The number of hydrogen-bond acceptors (Lipinski definition) is 6. The fourth-order valence-electron chi connectivity index (χ4n) is 4.01. The molecule has 7 nitrogen and oxygen atoms in total. The molecule has 2 heterocycles. The molecular formula is C23H24BrClN2O5S2. The lowest BCUT2D eigenvalue weighted by atomic mass is 10.1. The average Bonchev–Trinajstić information content (AvgIpc) is 3.22. The normalized spacial score (nSPS) is 22.1. The predicted octanol–water partition coefficient (Wildman–Crippen LogP) is 4.74. The second-order valence-electron chi connectivity index (χ2n) is 7.88. The molecule has 2 saturated heterocycles. The fourth-order valence-corrected chi connectivity index (χ4v) is 8.58. The van der Waals surface area contributed by atoms with Crippen molar-refractivity contribution < 1.29 is 22.7 Å². The molecule has 4 rings (SSSR count). The second kappa shape index (κ2) is 10.5. The smallest absolute Gasteiger partial charge is 0.252 e. The summed E-state index contributed by atoms with van der Waals surface area (Å²) in [5.41, 5.74) is 1.49. The molecule has 182 valence electrons. The van der Waals surface area contributed by atoms with Crippen LogP contribution in [0.1, 0.15) is 19.4 Å². The van der Waals surface area contributed by atoms with Gasteiger partial charge < -0.3 is 14.4 Å². The summed E-state index contributed by atoms with van der Waals surface area (Å²) < 4.78 is 37.0. The number of rotatable bonds is 7. The number of ether oxygens (including phenoxy) is 2. The van der Waals surface area contributed by atoms with Crippen molar-refractivity contribution in [2.45, 2.75) is 31.6 Å². The third kappa shape index (κ3) is 5.56. The van der Waals surface area contributed by atoms with Crippen molar-refractivity contribution >= 4 is 65.9 Å². The summed E-state index contributed by atoms with van der Waals surface area (Å²) in [6.45, 7) is 4.68. The van der Waals surface area contributed by atoms with Crippen molar-refractivity contribution in [1.29, 1.82) is 0 Å². The van der Waals surface area contributed by atoms with E-state index in [1.165, 1.54) is 11.8 Å². The highest BCUT2D eigenvalue weighted by molar-refractivity contribution is 9.10. The summed E-state index contributed by atoms with van der Waals surface area (Å²) in [5.74, 6) is 0.864. The van der Waals surface area contributed by atoms with Gasteiger partial charge in [0.1, 0.15) is 0 Å². The lowest BCUT2D eigenvalue weighted by Crippen LogP contribution is -2.38. The second-order valence-corrected chi connectivity index (χ2v) is 12.5. The third-order valence-corrected chi connectivity index (χ3v) is 9.52. The number of halogens is 2. The van der Waals surface area contributed by atoms with Crippen LogP contribution in [0.15, 0.2) is 45.9 Å². The number of amidine groups is 1. The molecule has 0 saturated carbocycles. The quantitative estimate of drug-likeness (QED) is 0.462. The number of hydrogen-bond donors (Lipinski definition) is 0. The molecule has 2 fully saturated rings. The van der Waals surface area contributed by atoms with Gasteiger partial charge in [0.15, 0.2) is 26.5 Å². The number of benzene rings is 2. The number of aliphatic imine (C=N–C) groups is 1. The zero-order valence-corrected chi connectivity index (χ0v) is 22.6. The van der Waals surface area contributed by atoms with E-state index in [0.717, 1.165) is 5.56 Å². The van der Waals surface area contributed by atoms with Crippen LogP contribution in [0.5, 0.6) is 11.5 Å². The summed E-state index contributed by atoms with van der Waals surface area (Å²) in [6.07, 6.45) is 0.122. The Labute approximate surface area is 216 Å². The maximum atomic E-state index is 12.8. The standard InChI is InChI=1S/C23H24BrClN2O5S2/c1-3-31-19-10-16(24)17(11-20(19)32-4-2)27-18-12-34(29,30)13-21(18)33-23(27)26-22(28)9-14-5-7-15(25)8-6-14/h5-8,10-11,18,21H,3-4,9,12-13H2,1-2H3/t18-,21-/m1/s1. The molecule has 2 atom stereocenters. The van der Waals surface area contributed by atoms with Crippen LogP contribution in [0, 0.1) is 0 Å². The Balaban J connectivity index is 1.71. The van der Waals surface area contributed by atoms with Gasteiger partial charge in [0.05, 0.1) is 42.9 Å². The molecule has 1 amide bonds. The van der Waals surface area contributed by atoms with Gasteiger partial charge in [-0.15, -0.1) is 0 Å². The van der Waals surface area contributed by atoms with Crippen molar-refractivity contribution in [2.75, 3.05) is 29.6 Å². The van der Waals surface area contributed by atoms with Gasteiger partial charge in [-0.3, -0.25) is 4.79 Å². The van der Waals surface area contributed by atoms with Crippen molar-refractivity contribution in [3.63, 3.8) is 0 Å². The van der Waals surface area contributed by atoms with E-state index in [0.29, 0.717) is 45.1 Å². The highest BCUT2D eigenvalue weighted by Crippen LogP contribution is 2.46. The van der Waals surface area contributed by atoms with Gasteiger partial charge in [0, 0.05) is 26.9 Å². The minimum absolute atomic E-state index is 0.00131. The Morgan fingerprint density at radius 1 is 1.15 bits per heavy atom. The molecule has 0 N–H and O–H groups in total. The van der Waals surface area contributed by atoms with E-state index in [-0.39, 0.29) is 35.1 Å². The van der Waals surface area contributed by atoms with Crippen LogP contribution in [-0.2, 0) is 21.1 Å². The Morgan fingerprint density at radius 3 is 2.44 bits per heavy atom. The highest BCUT2D eigenvalue weighted by atomic mass is 79.9. The van der Waals surface area contributed by atoms with Gasteiger partial charge in [0.25, 0.3) is 5.91 Å². The number of carbonyl (C=O) groups is 1. The van der Waals surface area contributed by atoms with Gasteiger partial charge in [-0.1, -0.05) is 35.5 Å². The SMILES string of the molecule is CCOc1cc(Br)c(N2C(=NC(=O)Cc3ccc(Cl)cc3)S[C@@H]3CS(=O)(=O)C[C@H]32)cc1OCC. The summed E-state index contributed by atoms with van der Waals surface area (Å²) in [7, 11) is -3.19. The van der Waals surface area contributed by atoms with Crippen LogP contribution in [-0.4, -0.2) is 55.5 Å². The number of fused-ring (bicyclic) bond motifs is 1. The van der Waals surface area contributed by atoms with Gasteiger partial charge >= 0.3 is 0 Å². The third-order valence-electron chi connectivity index (χ3n) is 5.43. The molecule has 11 heteroatoms. The first-order valence-electron chi connectivity index (χ1n) is 10.8. The number of thioether (sulfide) groups is 1. The first kappa shape index (κ1) is 25.3. The van der Waals surface area contributed by atoms with E-state index in [2.05, 4.69) is 20.9 Å². The lowest BCUT2D eigenvalue weighted by molar-refractivity contribution is -0.117. The van der Waals surface area contributed by atoms with E-state index in [4.69, 9.17) is 21.1 Å². The number of nitrogens with zero attached hydrogens (tertiary/aromatic N) is 2. The van der Waals surface area contributed by atoms with Gasteiger partial charge in [-0.2, -0.15) is 4.99 Å². The molecule has 0 unspecified atom stereocenters. The van der Waals surface area contributed by atoms with E-state index in [9.17, 15) is 13.2 Å². The van der Waals surface area contributed by atoms with Crippen molar-refractivity contribution in [3.05, 3.63) is 51.5 Å². The lowest BCUT2D eigenvalue weighted by Gasteiger charge is -2.27. The van der Waals surface area contributed by atoms with E-state index in [1.54, 1.807) is 30.3 Å². The minimum Gasteiger partial charge on any atom is -0.490 e. The van der Waals surface area contributed by atoms with Crippen LogP contribution in [0.4, 0.5) is 5.69 Å². The van der Waals surface area contributed by atoms with Crippen LogP contribution in [0.25, 0.3) is 0 Å². The van der Waals surface area contributed by atoms with Gasteiger partial charge in [-0.05, 0) is 47.5 Å². The molecule has 2 aromatic rings. The van der Waals surface area contributed by atoms with Crippen LogP contribution in [0.2, 0.25) is 5.02 Å². The van der Waals surface area contributed by atoms with E-state index >= 15 is 0 Å². The van der Waals surface area contributed by atoms with Crippen LogP contribution < -0.4 is 14.4 Å². The van der Waals surface area contributed by atoms with Crippen molar-refractivity contribution in [2.24, 2.45) is 4.99 Å². The first-order valence-corrected chi connectivity index (χ1v) is 14.7. The summed E-state index contributed by atoms with van der Waals surface area (Å²) in [5, 5.41) is 0.872. The molecule has 0 aromatic heterocycles. The number of amides is 1. The minimum atomic E-state index is -3.19. The first-order chi connectivity index (χ1) is 16.2. The summed E-state index contributed by atoms with van der Waals surface area (Å²) in [6, 6.07) is 10.3. The molecule has 2 aromatic carbocycles. The van der Waals surface area contributed by atoms with Gasteiger partial charge in [0.2, 0.25) is 0 Å². The molecule has 2 aliphatic heterocycles. The molecule has 0 spiro atoms. The van der Waals surface area contributed by atoms with Crippen molar-refractivity contribution in [3.8, 4) is 11.5 Å². The Bertz CT molecular complexity index is 1220. The molecular weight excluding hydrogens is 564 g/mol. The van der Waals surface area contributed by atoms with E-state index in [1.807, 2.05) is 24.8 Å². The average molecular weight is 588 g/mol. The molecule has 2 aliphatic rings. The summed E-state index contributed by atoms with van der Waals surface area (Å²) >= 11 is 10.9. The van der Waals surface area contributed by atoms with Crippen LogP contribution >= 0.6 is 39.3 Å². The maximum absolute atomic E-state index is 12.8. The topological polar surface area (TPSA) is 85.3 Å². The Hall–Kier alpha value is -1.75. The number of anilines is 1. The zero-order chi connectivity index (χ0) is 24.5. The van der Waals surface area contributed by atoms with Crippen molar-refractivity contribution in [1.82, 2.24) is 0 Å². The highest BCUT2D eigenvalue weighted by Gasteiger charge is 2.50. The van der Waals surface area contributed by atoms with Gasteiger partial charge in [-0.25, -0.2) is 8.42 Å². The predicted molar refractivity (Wildman–Crippen MR) is 140 cm³/mol. The molecule has 0 radical (unpaired) electrons. The number of sulfone groups is 1. The Morgan fingerprint density at radius 2 is 1.79 bits per heavy atom. The maximum Gasteiger partial charge on any atom is 0.252 e. The zero-order valence-electron chi connectivity index (χ0n) is 18.7. The molecule has 0 aliphatic carbocycles. The Kier molecular flexibility index (Phi) is 7.81. The van der Waals surface area contributed by atoms with E-state index < -0.39 is 9.84 Å². The molecule has 0 bridgehead atoms. The monoisotopic (exact) mass is 586 g/mol. The molecule has 34 heavy (non-hydrogen) atoms. The number of carbonyl (C=O) groups excluding carboxylic acids is 1. The summed E-state index contributed by atoms with van der Waals surface area (Å²) in [4.78, 5) is 19.1. The largest absolute Gasteiger partial charge is 0.490 e. The fraction of sp³-hybridized carbons (Fsp3) is 0.391.